The summed E-state index contributed by atoms with van der Waals surface area (Å²) in [4.78, 5) is 18.9. The first-order valence-electron chi connectivity index (χ1n) is 9.25. The molecule has 3 aliphatic rings. The summed E-state index contributed by atoms with van der Waals surface area (Å²) in [7, 11) is 0. The van der Waals surface area contributed by atoms with E-state index >= 15 is 0 Å². The average molecular weight is 329 g/mol. The van der Waals surface area contributed by atoms with Gasteiger partial charge in [0.05, 0.1) is 30.5 Å². The zero-order chi connectivity index (χ0) is 16.7. The van der Waals surface area contributed by atoms with Gasteiger partial charge < -0.3 is 15.0 Å². The number of fused-ring (bicyclic) bond motifs is 1. The SMILES string of the molecule is CCC1(COC2CCN(c3nc4c(cc3C)C(=O)NC4)CC2)CC1. The molecule has 2 aliphatic heterocycles. The molecule has 0 bridgehead atoms. The third kappa shape index (κ3) is 2.90. The second kappa shape index (κ2) is 6.03. The fourth-order valence-electron chi connectivity index (χ4n) is 3.86. The number of aryl methyl sites for hydroxylation is 1. The number of pyridine rings is 1. The van der Waals surface area contributed by atoms with Crippen molar-refractivity contribution in [2.75, 3.05) is 24.6 Å². The summed E-state index contributed by atoms with van der Waals surface area (Å²) in [6.07, 6.45) is 6.45. The predicted octanol–water partition coefficient (Wildman–Crippen LogP) is 2.81. The molecule has 2 fully saturated rings. The minimum Gasteiger partial charge on any atom is -0.378 e. The Labute approximate surface area is 143 Å². The molecule has 4 rings (SSSR count). The Bertz CT molecular complexity index is 646. The molecule has 5 nitrogen and oxygen atoms in total. The summed E-state index contributed by atoms with van der Waals surface area (Å²) >= 11 is 0. The summed E-state index contributed by atoms with van der Waals surface area (Å²) in [5.41, 5.74) is 3.23. The Morgan fingerprint density at radius 2 is 2.12 bits per heavy atom. The molecular weight excluding hydrogens is 302 g/mol. The summed E-state index contributed by atoms with van der Waals surface area (Å²) in [5, 5.41) is 2.85. The lowest BCUT2D eigenvalue weighted by molar-refractivity contribution is 0.00799. The maximum atomic E-state index is 11.7. The molecule has 1 saturated carbocycles. The molecule has 0 atom stereocenters. The minimum absolute atomic E-state index is 0.00388. The van der Waals surface area contributed by atoms with Crippen molar-refractivity contribution in [2.24, 2.45) is 5.41 Å². The number of nitrogens with zero attached hydrogens (tertiary/aromatic N) is 2. The van der Waals surface area contributed by atoms with Gasteiger partial charge in [-0.15, -0.1) is 0 Å². The van der Waals surface area contributed by atoms with Crippen LogP contribution >= 0.6 is 0 Å². The van der Waals surface area contributed by atoms with Gasteiger partial charge in [0, 0.05) is 13.1 Å². The van der Waals surface area contributed by atoms with E-state index in [1.54, 1.807) is 0 Å². The van der Waals surface area contributed by atoms with Crippen LogP contribution in [0.5, 0.6) is 0 Å². The van der Waals surface area contributed by atoms with E-state index in [9.17, 15) is 4.79 Å². The van der Waals surface area contributed by atoms with E-state index in [-0.39, 0.29) is 5.91 Å². The fourth-order valence-corrected chi connectivity index (χ4v) is 3.86. The number of rotatable bonds is 5. The lowest BCUT2D eigenvalue weighted by Crippen LogP contribution is -2.38. The maximum absolute atomic E-state index is 11.7. The van der Waals surface area contributed by atoms with Crippen LogP contribution in [-0.4, -0.2) is 36.7 Å². The van der Waals surface area contributed by atoms with Gasteiger partial charge in [0.1, 0.15) is 5.82 Å². The van der Waals surface area contributed by atoms with Crippen LogP contribution in [0, 0.1) is 12.3 Å². The molecule has 5 heteroatoms. The number of carbonyl (C=O) groups is 1. The van der Waals surface area contributed by atoms with Crippen molar-refractivity contribution in [3.63, 3.8) is 0 Å². The molecule has 1 aromatic heterocycles. The van der Waals surface area contributed by atoms with Gasteiger partial charge >= 0.3 is 0 Å². The number of piperidine rings is 1. The first-order valence-corrected chi connectivity index (χ1v) is 9.25. The third-order valence-corrected chi connectivity index (χ3v) is 6.00. The van der Waals surface area contributed by atoms with Crippen molar-refractivity contribution in [3.05, 3.63) is 22.9 Å². The highest BCUT2D eigenvalue weighted by molar-refractivity contribution is 5.98. The van der Waals surface area contributed by atoms with E-state index < -0.39 is 0 Å². The molecule has 0 radical (unpaired) electrons. The molecule has 24 heavy (non-hydrogen) atoms. The van der Waals surface area contributed by atoms with Crippen LogP contribution in [0.15, 0.2) is 6.07 Å². The Hall–Kier alpha value is -1.62. The van der Waals surface area contributed by atoms with Gasteiger partial charge in [0.15, 0.2) is 0 Å². The molecule has 0 aromatic carbocycles. The Morgan fingerprint density at radius 3 is 2.79 bits per heavy atom. The van der Waals surface area contributed by atoms with Crippen LogP contribution in [0.4, 0.5) is 5.82 Å². The number of aromatic nitrogens is 1. The monoisotopic (exact) mass is 329 g/mol. The fraction of sp³-hybridized carbons (Fsp3) is 0.684. The number of hydrogen-bond donors (Lipinski definition) is 1. The molecule has 130 valence electrons. The second-order valence-corrected chi connectivity index (χ2v) is 7.66. The zero-order valence-corrected chi connectivity index (χ0v) is 14.7. The van der Waals surface area contributed by atoms with Crippen molar-refractivity contribution in [1.82, 2.24) is 10.3 Å². The smallest absolute Gasteiger partial charge is 0.253 e. The zero-order valence-electron chi connectivity index (χ0n) is 14.7. The van der Waals surface area contributed by atoms with Crippen molar-refractivity contribution >= 4 is 11.7 Å². The molecule has 3 heterocycles. The van der Waals surface area contributed by atoms with Crippen molar-refractivity contribution in [1.29, 1.82) is 0 Å². The van der Waals surface area contributed by atoms with E-state index in [2.05, 4.69) is 24.1 Å². The Morgan fingerprint density at radius 1 is 1.38 bits per heavy atom. The molecule has 1 saturated heterocycles. The molecular formula is C19H27N3O2. The first-order chi connectivity index (χ1) is 11.6. The summed E-state index contributed by atoms with van der Waals surface area (Å²) in [6, 6.07) is 1.99. The van der Waals surface area contributed by atoms with Gasteiger partial charge in [-0.1, -0.05) is 6.92 Å². The number of anilines is 1. The molecule has 0 spiro atoms. The Kier molecular flexibility index (Phi) is 3.99. The van der Waals surface area contributed by atoms with Crippen molar-refractivity contribution in [2.45, 2.75) is 58.6 Å². The minimum atomic E-state index is 0.00388. The van der Waals surface area contributed by atoms with Crippen LogP contribution in [0.2, 0.25) is 0 Å². The van der Waals surface area contributed by atoms with Gasteiger partial charge in [-0.05, 0) is 56.1 Å². The van der Waals surface area contributed by atoms with E-state index in [4.69, 9.17) is 9.72 Å². The average Bonchev–Trinajstić information content (AvgIpc) is 3.31. The first kappa shape index (κ1) is 15.9. The van der Waals surface area contributed by atoms with Gasteiger partial charge in [0.2, 0.25) is 0 Å². The Balaban J connectivity index is 1.37. The van der Waals surface area contributed by atoms with Crippen LogP contribution in [0.25, 0.3) is 0 Å². The second-order valence-electron chi connectivity index (χ2n) is 7.66. The van der Waals surface area contributed by atoms with Crippen molar-refractivity contribution < 1.29 is 9.53 Å². The quantitative estimate of drug-likeness (QED) is 0.902. The number of ether oxygens (including phenoxy) is 1. The van der Waals surface area contributed by atoms with Gasteiger partial charge in [0.25, 0.3) is 5.91 Å². The maximum Gasteiger partial charge on any atom is 0.253 e. The third-order valence-electron chi connectivity index (χ3n) is 6.00. The highest BCUT2D eigenvalue weighted by atomic mass is 16.5. The normalized spacial score (nSPS) is 22.4. The highest BCUT2D eigenvalue weighted by Gasteiger charge is 2.41. The topological polar surface area (TPSA) is 54.5 Å². The van der Waals surface area contributed by atoms with Crippen molar-refractivity contribution in [3.8, 4) is 0 Å². The molecule has 1 N–H and O–H groups in total. The van der Waals surface area contributed by atoms with Gasteiger partial charge in [-0.3, -0.25) is 4.79 Å². The van der Waals surface area contributed by atoms with E-state index in [0.717, 1.165) is 55.2 Å². The van der Waals surface area contributed by atoms with Crippen LogP contribution in [-0.2, 0) is 11.3 Å². The standard InChI is InChI=1S/C19H27N3O2/c1-3-19(6-7-19)12-24-14-4-8-22(9-5-14)17-13(2)10-15-16(21-17)11-20-18(15)23/h10,14H,3-9,11-12H2,1-2H3,(H,20,23). The van der Waals surface area contributed by atoms with Crippen LogP contribution in [0.3, 0.4) is 0 Å². The van der Waals surface area contributed by atoms with E-state index in [1.165, 1.54) is 19.3 Å². The molecule has 1 aliphatic carbocycles. The number of hydrogen-bond acceptors (Lipinski definition) is 4. The summed E-state index contributed by atoms with van der Waals surface area (Å²) in [5.74, 6) is 1.04. The van der Waals surface area contributed by atoms with E-state index in [1.807, 2.05) is 6.07 Å². The molecule has 1 aromatic rings. The van der Waals surface area contributed by atoms with Gasteiger partial charge in [-0.25, -0.2) is 4.98 Å². The lowest BCUT2D eigenvalue weighted by Gasteiger charge is -2.34. The largest absolute Gasteiger partial charge is 0.378 e. The van der Waals surface area contributed by atoms with Crippen LogP contribution in [0.1, 0.15) is 60.6 Å². The molecule has 1 amide bonds. The summed E-state index contributed by atoms with van der Waals surface area (Å²) < 4.78 is 6.20. The lowest BCUT2D eigenvalue weighted by atomic mass is 10.0. The summed E-state index contributed by atoms with van der Waals surface area (Å²) in [6.45, 7) is 7.80. The van der Waals surface area contributed by atoms with Crippen LogP contribution < -0.4 is 10.2 Å². The number of carbonyl (C=O) groups excluding carboxylic acids is 1. The number of nitrogens with one attached hydrogen (secondary N) is 1. The predicted molar refractivity (Wildman–Crippen MR) is 93.3 cm³/mol. The van der Waals surface area contributed by atoms with E-state index in [0.29, 0.717) is 18.1 Å². The number of amides is 1. The molecule has 0 unspecified atom stereocenters. The highest BCUT2D eigenvalue weighted by Crippen LogP contribution is 2.49. The van der Waals surface area contributed by atoms with Gasteiger partial charge in [-0.2, -0.15) is 0 Å².